The number of phosphoric acid groups is 2. The van der Waals surface area contributed by atoms with Crippen molar-refractivity contribution in [3.05, 3.63) is 0 Å². The molecule has 0 spiro atoms. The molecule has 0 aromatic rings. The van der Waals surface area contributed by atoms with E-state index in [1.807, 2.05) is 0 Å². The largest absolute Gasteiger partial charge is 0.472 e. The molecule has 19 heteroatoms. The molecule has 0 rings (SSSR count). The van der Waals surface area contributed by atoms with E-state index in [0.717, 1.165) is 96.3 Å². The zero-order chi connectivity index (χ0) is 66.8. The molecule has 0 aliphatic carbocycles. The lowest BCUT2D eigenvalue weighted by Gasteiger charge is -2.21. The van der Waals surface area contributed by atoms with Crippen molar-refractivity contribution in [1.82, 2.24) is 0 Å². The normalized spacial score (nSPS) is 14.0. The van der Waals surface area contributed by atoms with Crippen molar-refractivity contribution < 1.29 is 80.2 Å². The molecule has 0 saturated carbocycles. The lowest BCUT2D eigenvalue weighted by molar-refractivity contribution is -0.161. The van der Waals surface area contributed by atoms with E-state index >= 15 is 0 Å². The van der Waals surface area contributed by atoms with Crippen molar-refractivity contribution in [2.45, 2.75) is 399 Å². The van der Waals surface area contributed by atoms with Gasteiger partial charge in [-0.2, -0.15) is 0 Å². The Morgan fingerprint density at radius 1 is 0.264 bits per heavy atom. The highest BCUT2D eigenvalue weighted by molar-refractivity contribution is 7.47. The second kappa shape index (κ2) is 66.7. The molecule has 5 atom stereocenters. The molecular weight excluding hydrogens is 1200 g/mol. The summed E-state index contributed by atoms with van der Waals surface area (Å²) in [5.74, 6) is -2.13. The Bertz CT molecular complexity index is 1740. The van der Waals surface area contributed by atoms with E-state index in [0.29, 0.717) is 25.7 Å². The molecule has 0 heterocycles. The molecule has 0 radical (unpaired) electrons. The maximum atomic E-state index is 13.0. The summed E-state index contributed by atoms with van der Waals surface area (Å²) < 4.78 is 68.2. The highest BCUT2D eigenvalue weighted by Crippen LogP contribution is 2.45. The van der Waals surface area contributed by atoms with Gasteiger partial charge in [0.25, 0.3) is 0 Å². The van der Waals surface area contributed by atoms with Crippen molar-refractivity contribution >= 4 is 39.5 Å². The second-order valence-corrected chi connectivity index (χ2v) is 28.9. The molecule has 3 N–H and O–H groups in total. The van der Waals surface area contributed by atoms with Gasteiger partial charge >= 0.3 is 39.5 Å². The van der Waals surface area contributed by atoms with Crippen LogP contribution in [-0.2, 0) is 65.4 Å². The third-order valence-corrected chi connectivity index (χ3v) is 18.8. The second-order valence-electron chi connectivity index (χ2n) is 26.0. The average molecular weight is 1340 g/mol. The lowest BCUT2D eigenvalue weighted by atomic mass is 10.0. The molecule has 0 saturated heterocycles. The lowest BCUT2D eigenvalue weighted by Crippen LogP contribution is -2.30. The molecule has 0 fully saturated rings. The first-order valence-electron chi connectivity index (χ1n) is 37.8. The summed E-state index contributed by atoms with van der Waals surface area (Å²) in [5, 5.41) is 10.6. The van der Waals surface area contributed by atoms with Gasteiger partial charge in [0, 0.05) is 25.7 Å². The predicted octanol–water partition coefficient (Wildman–Crippen LogP) is 21.1. The number of esters is 4. The Morgan fingerprint density at radius 3 is 0.648 bits per heavy atom. The fourth-order valence-electron chi connectivity index (χ4n) is 11.0. The van der Waals surface area contributed by atoms with Crippen molar-refractivity contribution in [3.63, 3.8) is 0 Å². The summed E-state index contributed by atoms with van der Waals surface area (Å²) in [4.78, 5) is 72.4. The Morgan fingerprint density at radius 2 is 0.440 bits per heavy atom. The minimum absolute atomic E-state index is 0.107. The molecule has 2 unspecified atom stereocenters. The number of carbonyl (C=O) groups excluding carboxylic acids is 4. The molecule has 17 nitrogen and oxygen atoms in total. The zero-order valence-corrected chi connectivity index (χ0v) is 60.6. The van der Waals surface area contributed by atoms with Gasteiger partial charge in [0.05, 0.1) is 26.4 Å². The van der Waals surface area contributed by atoms with E-state index in [1.54, 1.807) is 0 Å². The highest BCUT2D eigenvalue weighted by Gasteiger charge is 2.30. The topological polar surface area (TPSA) is 237 Å². The monoisotopic (exact) mass is 1340 g/mol. The highest BCUT2D eigenvalue weighted by atomic mass is 31.2. The third-order valence-electron chi connectivity index (χ3n) is 16.9. The quantitative estimate of drug-likeness (QED) is 0.0222. The molecule has 0 aliphatic rings. The van der Waals surface area contributed by atoms with Crippen molar-refractivity contribution in [3.8, 4) is 0 Å². The van der Waals surface area contributed by atoms with Gasteiger partial charge in [0.2, 0.25) is 0 Å². The summed E-state index contributed by atoms with van der Waals surface area (Å²) in [6.45, 7) is 4.89. The van der Waals surface area contributed by atoms with Crippen LogP contribution in [0.4, 0.5) is 0 Å². The van der Waals surface area contributed by atoms with Crippen LogP contribution in [0.2, 0.25) is 0 Å². The number of ether oxygens (including phenoxy) is 4. The molecule has 0 aromatic carbocycles. The van der Waals surface area contributed by atoms with Crippen LogP contribution in [-0.4, -0.2) is 96.7 Å². The molecule has 0 bridgehead atoms. The van der Waals surface area contributed by atoms with E-state index in [2.05, 4.69) is 27.7 Å². The minimum Gasteiger partial charge on any atom is -0.462 e. The Kier molecular flexibility index (Phi) is 65.2. The van der Waals surface area contributed by atoms with Crippen molar-refractivity contribution in [2.75, 3.05) is 39.6 Å². The van der Waals surface area contributed by atoms with Gasteiger partial charge in [0.1, 0.15) is 19.3 Å². The Hall–Kier alpha value is -1.94. The number of rotatable bonds is 73. The SMILES string of the molecule is CCCCCCCCCCCCCCCCCCCC(=O)O[C@H](COC(=O)CCCCCCCCCCCCCCCCC)COP(=O)(O)OC[C@@H](O)COP(=O)(O)OC[C@@H](COC(=O)CCCCCCC)OC(=O)CCCCCCCCCCCCCCCC. The molecule has 0 aromatic heterocycles. The zero-order valence-electron chi connectivity index (χ0n) is 58.8. The first-order valence-corrected chi connectivity index (χ1v) is 40.8. The summed E-state index contributed by atoms with van der Waals surface area (Å²) in [7, 11) is -9.89. The maximum absolute atomic E-state index is 13.0. The van der Waals surface area contributed by atoms with Crippen molar-refractivity contribution in [2.24, 2.45) is 0 Å². The van der Waals surface area contributed by atoms with Gasteiger partial charge in [-0.3, -0.25) is 37.3 Å². The van der Waals surface area contributed by atoms with Gasteiger partial charge in [-0.25, -0.2) is 9.13 Å². The Balaban J connectivity index is 5.15. The van der Waals surface area contributed by atoms with Crippen LogP contribution in [0.25, 0.3) is 0 Å². The number of hydrogen-bond acceptors (Lipinski definition) is 15. The van der Waals surface area contributed by atoms with Gasteiger partial charge in [-0.15, -0.1) is 0 Å². The molecule has 91 heavy (non-hydrogen) atoms. The van der Waals surface area contributed by atoms with Gasteiger partial charge in [-0.1, -0.05) is 329 Å². The van der Waals surface area contributed by atoms with Crippen molar-refractivity contribution in [1.29, 1.82) is 0 Å². The number of aliphatic hydroxyl groups is 1. The first kappa shape index (κ1) is 89.1. The van der Waals surface area contributed by atoms with Gasteiger partial charge in [0.15, 0.2) is 12.2 Å². The predicted molar refractivity (Wildman–Crippen MR) is 368 cm³/mol. The van der Waals surface area contributed by atoms with E-state index in [-0.39, 0.29) is 25.7 Å². The standard InChI is InChI=1S/C72H140O17P2/c1-5-9-13-17-20-23-26-29-32-33-35-38-41-44-47-51-55-59-72(77)89-68(63-83-70(75)57-53-49-45-42-39-37-34-30-27-24-21-18-14-10-6-2)65-87-91(80,81)85-61-66(73)60-84-90(78,79)86-64-67(62-82-69(74)56-52-48-16-12-8-4)88-71(76)58-54-50-46-43-40-36-31-28-25-22-19-15-11-7-3/h66-68,73H,5-65H2,1-4H3,(H,78,79)(H,80,81)/t66-,67+,68+/m0/s1. The van der Waals surface area contributed by atoms with Gasteiger partial charge in [-0.05, 0) is 25.7 Å². The van der Waals surface area contributed by atoms with Crippen LogP contribution in [0.3, 0.4) is 0 Å². The summed E-state index contributed by atoms with van der Waals surface area (Å²) in [5.41, 5.74) is 0. The van der Waals surface area contributed by atoms with E-state index in [1.165, 1.54) is 205 Å². The van der Waals surface area contributed by atoms with Crippen LogP contribution in [0, 0.1) is 0 Å². The first-order chi connectivity index (χ1) is 44.2. The maximum Gasteiger partial charge on any atom is 0.472 e. The number of carbonyl (C=O) groups is 4. The summed E-state index contributed by atoms with van der Waals surface area (Å²) >= 11 is 0. The fraction of sp³-hybridized carbons (Fsp3) is 0.944. The molecule has 540 valence electrons. The van der Waals surface area contributed by atoms with E-state index < -0.39 is 97.5 Å². The third kappa shape index (κ3) is 66.5. The molecule has 0 amide bonds. The summed E-state index contributed by atoms with van der Waals surface area (Å²) in [6, 6.07) is 0. The number of unbranched alkanes of at least 4 members (excludes halogenated alkanes) is 47. The molecule has 0 aliphatic heterocycles. The number of hydrogen-bond donors (Lipinski definition) is 3. The fourth-order valence-corrected chi connectivity index (χ4v) is 12.6. The number of aliphatic hydroxyl groups excluding tert-OH is 1. The smallest absolute Gasteiger partial charge is 0.462 e. The van der Waals surface area contributed by atoms with E-state index in [9.17, 15) is 43.2 Å². The summed E-state index contributed by atoms with van der Waals surface area (Å²) in [6.07, 6.45) is 55.8. The molecular formula is C72H140O17P2. The Labute approximate surface area is 556 Å². The van der Waals surface area contributed by atoms with E-state index in [4.69, 9.17) is 37.0 Å². The van der Waals surface area contributed by atoms with Crippen LogP contribution in [0.1, 0.15) is 381 Å². The minimum atomic E-state index is -4.95. The van der Waals surface area contributed by atoms with Crippen LogP contribution in [0.15, 0.2) is 0 Å². The van der Waals surface area contributed by atoms with Crippen LogP contribution < -0.4 is 0 Å². The van der Waals surface area contributed by atoms with Crippen LogP contribution >= 0.6 is 15.6 Å². The number of phosphoric ester groups is 2. The van der Waals surface area contributed by atoms with Gasteiger partial charge < -0.3 is 33.8 Å². The van der Waals surface area contributed by atoms with Crippen LogP contribution in [0.5, 0.6) is 0 Å². The average Bonchev–Trinajstić information content (AvgIpc) is 2.68.